The van der Waals surface area contributed by atoms with Crippen molar-refractivity contribution >= 4 is 18.0 Å². The molecule has 3 N–H and O–H groups in total. The number of ether oxygens (including phenoxy) is 1. The van der Waals surface area contributed by atoms with Crippen molar-refractivity contribution in [3.05, 3.63) is 71.8 Å². The maximum absolute atomic E-state index is 12.4. The summed E-state index contributed by atoms with van der Waals surface area (Å²) in [4.78, 5) is 36.8. The minimum absolute atomic E-state index is 0.0855. The molecule has 1 unspecified atom stereocenters. The van der Waals surface area contributed by atoms with Gasteiger partial charge in [-0.2, -0.15) is 0 Å². The van der Waals surface area contributed by atoms with Crippen LogP contribution in [0.2, 0.25) is 0 Å². The first-order chi connectivity index (χ1) is 12.5. The average Bonchev–Trinajstić information content (AvgIpc) is 2.67. The molecule has 0 saturated carbocycles. The number of imide groups is 1. The van der Waals surface area contributed by atoms with Gasteiger partial charge in [-0.05, 0) is 17.2 Å². The molecule has 26 heavy (non-hydrogen) atoms. The standard InChI is InChI=1S/C19H19N2O5/c20-12-17(22)21(19(25)26-13-15-9-5-2-6-10-15)16(18(23)24)11-14-7-3-1-4-8-14/h1-7,9-10,16H,11-13,20H2,(H,23,24). The molecule has 7 heteroatoms. The predicted octanol–water partition coefficient (Wildman–Crippen LogP) is 1.61. The second-order valence-electron chi connectivity index (χ2n) is 5.45. The number of rotatable bonds is 7. The third kappa shape index (κ3) is 5.15. The second kappa shape index (κ2) is 9.33. The highest BCUT2D eigenvalue weighted by Crippen LogP contribution is 2.13. The first-order valence-electron chi connectivity index (χ1n) is 7.94. The molecule has 2 rings (SSSR count). The summed E-state index contributed by atoms with van der Waals surface area (Å²) in [5.41, 5.74) is 6.61. The number of amides is 2. The number of nitrogens with two attached hydrogens (primary N) is 1. The monoisotopic (exact) mass is 355 g/mol. The van der Waals surface area contributed by atoms with Crippen LogP contribution >= 0.6 is 0 Å². The quantitative estimate of drug-likeness (QED) is 0.781. The van der Waals surface area contributed by atoms with Crippen LogP contribution < -0.4 is 5.73 Å². The third-order valence-electron chi connectivity index (χ3n) is 3.63. The van der Waals surface area contributed by atoms with Crippen molar-refractivity contribution in [2.45, 2.75) is 19.1 Å². The Labute approximate surface area is 151 Å². The molecular formula is C19H19N2O5. The van der Waals surface area contributed by atoms with Gasteiger partial charge in [0.15, 0.2) is 0 Å². The van der Waals surface area contributed by atoms with Gasteiger partial charge in [0, 0.05) is 6.42 Å². The molecule has 1 radical (unpaired) electrons. The largest absolute Gasteiger partial charge is 0.480 e. The minimum atomic E-state index is -1.44. The zero-order valence-electron chi connectivity index (χ0n) is 14.0. The van der Waals surface area contributed by atoms with Gasteiger partial charge in [0.2, 0.25) is 5.91 Å². The second-order valence-corrected chi connectivity index (χ2v) is 5.45. The molecule has 0 fully saturated rings. The van der Waals surface area contributed by atoms with Crippen molar-refractivity contribution in [3.63, 3.8) is 0 Å². The summed E-state index contributed by atoms with van der Waals surface area (Å²) in [6.07, 6.45) is -1.14. The highest BCUT2D eigenvalue weighted by atomic mass is 16.6. The Morgan fingerprint density at radius 2 is 1.81 bits per heavy atom. The van der Waals surface area contributed by atoms with Gasteiger partial charge in [0.05, 0.1) is 6.54 Å². The lowest BCUT2D eigenvalue weighted by molar-refractivity contribution is -0.148. The van der Waals surface area contributed by atoms with E-state index in [0.29, 0.717) is 16.0 Å². The molecule has 0 heterocycles. The molecule has 1 atom stereocenters. The molecule has 2 amide bonds. The van der Waals surface area contributed by atoms with E-state index in [1.165, 1.54) is 0 Å². The Morgan fingerprint density at radius 3 is 2.38 bits per heavy atom. The van der Waals surface area contributed by atoms with Crippen LogP contribution in [0.1, 0.15) is 11.1 Å². The smallest absolute Gasteiger partial charge is 0.417 e. The van der Waals surface area contributed by atoms with Gasteiger partial charge in [-0.3, -0.25) is 4.79 Å². The van der Waals surface area contributed by atoms with Gasteiger partial charge >= 0.3 is 12.1 Å². The number of hydrogen-bond donors (Lipinski definition) is 2. The first kappa shape index (κ1) is 19.1. The number of carboxylic acids is 1. The topological polar surface area (TPSA) is 110 Å². The van der Waals surface area contributed by atoms with E-state index in [9.17, 15) is 19.5 Å². The van der Waals surface area contributed by atoms with Crippen LogP contribution in [0.25, 0.3) is 0 Å². The summed E-state index contributed by atoms with van der Waals surface area (Å²) in [6, 6.07) is 17.0. The molecule has 0 spiro atoms. The van der Waals surface area contributed by atoms with Gasteiger partial charge in [-0.25, -0.2) is 14.5 Å². The molecule has 0 aliphatic carbocycles. The number of nitrogens with zero attached hydrogens (tertiary/aromatic N) is 1. The number of aliphatic carboxylic acids is 1. The Hall–Kier alpha value is -3.19. The highest BCUT2D eigenvalue weighted by molar-refractivity contribution is 5.97. The Morgan fingerprint density at radius 1 is 1.12 bits per heavy atom. The maximum Gasteiger partial charge on any atom is 0.417 e. The zero-order chi connectivity index (χ0) is 18.9. The van der Waals surface area contributed by atoms with E-state index in [2.05, 4.69) is 6.07 Å². The third-order valence-corrected chi connectivity index (χ3v) is 3.63. The van der Waals surface area contributed by atoms with Gasteiger partial charge in [-0.1, -0.05) is 54.6 Å². The number of carbonyl (C=O) groups is 3. The van der Waals surface area contributed by atoms with E-state index in [4.69, 9.17) is 10.5 Å². The summed E-state index contributed by atoms with van der Waals surface area (Å²) >= 11 is 0. The van der Waals surface area contributed by atoms with Crippen LogP contribution in [-0.2, 0) is 27.4 Å². The summed E-state index contributed by atoms with van der Waals surface area (Å²) in [5, 5.41) is 9.53. The normalized spacial score (nSPS) is 11.4. The fourth-order valence-corrected chi connectivity index (χ4v) is 2.34. The number of hydrogen-bond acceptors (Lipinski definition) is 5. The lowest BCUT2D eigenvalue weighted by Gasteiger charge is -2.26. The van der Waals surface area contributed by atoms with Crippen molar-refractivity contribution in [1.82, 2.24) is 4.90 Å². The fraction of sp³-hybridized carbons (Fsp3) is 0.211. The van der Waals surface area contributed by atoms with E-state index >= 15 is 0 Å². The van der Waals surface area contributed by atoms with Gasteiger partial charge in [0.1, 0.15) is 12.6 Å². The predicted molar refractivity (Wildman–Crippen MR) is 92.9 cm³/mol. The van der Waals surface area contributed by atoms with E-state index in [0.717, 1.165) is 0 Å². The van der Waals surface area contributed by atoms with Crippen molar-refractivity contribution < 1.29 is 24.2 Å². The Kier molecular flexibility index (Phi) is 6.87. The summed E-state index contributed by atoms with van der Waals surface area (Å²) < 4.78 is 5.12. The summed E-state index contributed by atoms with van der Waals surface area (Å²) in [7, 11) is 0. The SMILES string of the molecule is NCC(=O)N(C(=O)OCc1ccccc1)C(Cc1[c]cccc1)C(=O)O. The molecule has 2 aromatic rings. The van der Waals surface area contributed by atoms with E-state index in [1.807, 2.05) is 6.07 Å². The first-order valence-corrected chi connectivity index (χ1v) is 7.94. The maximum atomic E-state index is 12.4. The van der Waals surface area contributed by atoms with Crippen LogP contribution in [0.4, 0.5) is 4.79 Å². The van der Waals surface area contributed by atoms with E-state index in [1.54, 1.807) is 48.5 Å². The number of carbonyl (C=O) groups excluding carboxylic acids is 2. The molecule has 0 aliphatic rings. The molecule has 7 nitrogen and oxygen atoms in total. The summed E-state index contributed by atoms with van der Waals surface area (Å²) in [6.45, 7) is -0.597. The van der Waals surface area contributed by atoms with Crippen molar-refractivity contribution in [1.29, 1.82) is 0 Å². The molecule has 135 valence electrons. The van der Waals surface area contributed by atoms with Crippen molar-refractivity contribution in [3.8, 4) is 0 Å². The molecule has 0 aromatic heterocycles. The van der Waals surface area contributed by atoms with Crippen molar-refractivity contribution in [2.24, 2.45) is 5.73 Å². The van der Waals surface area contributed by atoms with Crippen LogP contribution in [0.3, 0.4) is 0 Å². The highest BCUT2D eigenvalue weighted by Gasteiger charge is 2.35. The Bertz CT molecular complexity index is 749. The average molecular weight is 355 g/mol. The minimum Gasteiger partial charge on any atom is -0.480 e. The van der Waals surface area contributed by atoms with E-state index in [-0.39, 0.29) is 13.0 Å². The van der Waals surface area contributed by atoms with Gasteiger partial charge in [-0.15, -0.1) is 0 Å². The lowest BCUT2D eigenvalue weighted by Crippen LogP contribution is -2.52. The number of benzene rings is 2. The zero-order valence-corrected chi connectivity index (χ0v) is 14.0. The fourth-order valence-electron chi connectivity index (χ4n) is 2.34. The molecular weight excluding hydrogens is 336 g/mol. The van der Waals surface area contributed by atoms with E-state index < -0.39 is 30.6 Å². The molecule has 0 saturated heterocycles. The van der Waals surface area contributed by atoms with Crippen LogP contribution in [0.15, 0.2) is 54.6 Å². The number of carboxylic acid groups (broad SMARTS) is 1. The van der Waals surface area contributed by atoms with Crippen LogP contribution in [0.5, 0.6) is 0 Å². The van der Waals surface area contributed by atoms with Crippen LogP contribution in [-0.4, -0.2) is 40.6 Å². The van der Waals surface area contributed by atoms with Crippen LogP contribution in [0, 0.1) is 6.07 Å². The molecule has 0 aliphatic heterocycles. The Balaban J connectivity index is 2.18. The van der Waals surface area contributed by atoms with Gasteiger partial charge in [0.25, 0.3) is 0 Å². The molecule has 0 bridgehead atoms. The molecule has 2 aromatic carbocycles. The van der Waals surface area contributed by atoms with Gasteiger partial charge < -0.3 is 15.6 Å². The lowest BCUT2D eigenvalue weighted by atomic mass is 10.0. The van der Waals surface area contributed by atoms with Crippen molar-refractivity contribution in [2.75, 3.05) is 6.54 Å². The summed E-state index contributed by atoms with van der Waals surface area (Å²) in [5.74, 6) is -2.16.